The number of anilines is 1. The number of ether oxygens (including phenoxy) is 3. The molecule has 4 atom stereocenters. The van der Waals surface area contributed by atoms with Crippen LogP contribution in [0, 0.1) is 0 Å². The molecule has 1 aliphatic rings. The fourth-order valence-electron chi connectivity index (χ4n) is 2.54. The fourth-order valence-corrected chi connectivity index (χ4v) is 2.54. The van der Waals surface area contributed by atoms with Gasteiger partial charge in [-0.2, -0.15) is 4.98 Å². The molecule has 2 rings (SSSR count). The molecule has 2 N–H and O–H groups in total. The van der Waals surface area contributed by atoms with Crippen LogP contribution in [0.1, 0.15) is 32.6 Å². The summed E-state index contributed by atoms with van der Waals surface area (Å²) >= 11 is 0. The molecule has 1 aromatic heterocycles. The topological polar surface area (TPSA) is 123 Å². The second-order valence-electron chi connectivity index (χ2n) is 5.36. The van der Waals surface area contributed by atoms with E-state index in [9.17, 15) is 14.4 Å². The molecule has 0 radical (unpaired) electrons. The van der Waals surface area contributed by atoms with Crippen LogP contribution in [0.2, 0.25) is 0 Å². The van der Waals surface area contributed by atoms with E-state index in [4.69, 9.17) is 19.9 Å². The summed E-state index contributed by atoms with van der Waals surface area (Å²) in [6.45, 7) is 7.69. The van der Waals surface area contributed by atoms with Gasteiger partial charge in [-0.15, -0.1) is 0 Å². The molecule has 1 fully saturated rings. The molecule has 0 aliphatic carbocycles. The molecule has 2 heterocycles. The van der Waals surface area contributed by atoms with Gasteiger partial charge in [0.05, 0.1) is 6.10 Å². The Morgan fingerprint density at radius 1 is 1.33 bits per heavy atom. The molecule has 24 heavy (non-hydrogen) atoms. The average Bonchev–Trinajstić information content (AvgIpc) is 2.75. The highest BCUT2D eigenvalue weighted by molar-refractivity contribution is 5.67. The van der Waals surface area contributed by atoms with E-state index in [0.717, 1.165) is 4.57 Å². The number of hydrogen-bond acceptors (Lipinski definition) is 8. The molecule has 130 valence electrons. The van der Waals surface area contributed by atoms with Gasteiger partial charge in [-0.1, -0.05) is 12.7 Å². The lowest BCUT2D eigenvalue weighted by molar-refractivity contribution is -0.165. The monoisotopic (exact) mass is 337 g/mol. The van der Waals surface area contributed by atoms with Gasteiger partial charge in [0.25, 0.3) is 0 Å². The van der Waals surface area contributed by atoms with Gasteiger partial charge in [-0.05, 0) is 6.92 Å². The number of carbonyl (C=O) groups is 2. The summed E-state index contributed by atoms with van der Waals surface area (Å²) in [5, 5.41) is 0. The zero-order chi connectivity index (χ0) is 18.0. The van der Waals surface area contributed by atoms with Crippen LogP contribution in [0.3, 0.4) is 0 Å². The molecule has 1 aliphatic heterocycles. The molecule has 0 unspecified atom stereocenters. The first-order chi connectivity index (χ1) is 11.2. The minimum Gasteiger partial charge on any atom is -0.456 e. The van der Waals surface area contributed by atoms with Gasteiger partial charge in [-0.25, -0.2) is 4.79 Å². The van der Waals surface area contributed by atoms with Gasteiger partial charge >= 0.3 is 17.6 Å². The van der Waals surface area contributed by atoms with Crippen molar-refractivity contribution in [2.24, 2.45) is 0 Å². The lowest BCUT2D eigenvalue weighted by Gasteiger charge is -2.23. The third kappa shape index (κ3) is 3.46. The van der Waals surface area contributed by atoms with E-state index in [1.165, 1.54) is 26.1 Å². The highest BCUT2D eigenvalue weighted by atomic mass is 16.6. The van der Waals surface area contributed by atoms with Crippen molar-refractivity contribution in [2.45, 2.75) is 45.3 Å². The third-order valence-corrected chi connectivity index (χ3v) is 3.53. The summed E-state index contributed by atoms with van der Waals surface area (Å²) in [5.74, 6) is -1.12. The molecular formula is C15H19N3O6. The maximum Gasteiger partial charge on any atom is 0.351 e. The van der Waals surface area contributed by atoms with E-state index in [1.807, 2.05) is 0 Å². The van der Waals surface area contributed by atoms with E-state index in [-0.39, 0.29) is 5.82 Å². The second-order valence-corrected chi connectivity index (χ2v) is 5.36. The molecule has 9 nitrogen and oxygen atoms in total. The number of carbonyl (C=O) groups excluding carboxylic acids is 2. The first-order valence-electron chi connectivity index (χ1n) is 7.25. The maximum absolute atomic E-state index is 12.2. The summed E-state index contributed by atoms with van der Waals surface area (Å²) in [5.41, 5.74) is 5.38. The van der Waals surface area contributed by atoms with E-state index in [1.54, 1.807) is 6.92 Å². The maximum atomic E-state index is 12.2. The summed E-state index contributed by atoms with van der Waals surface area (Å²) in [4.78, 5) is 38.6. The zero-order valence-corrected chi connectivity index (χ0v) is 13.6. The van der Waals surface area contributed by atoms with Crippen molar-refractivity contribution >= 4 is 23.8 Å². The van der Waals surface area contributed by atoms with Gasteiger partial charge < -0.3 is 19.9 Å². The van der Waals surface area contributed by atoms with Gasteiger partial charge in [-0.3, -0.25) is 14.2 Å². The van der Waals surface area contributed by atoms with Crippen LogP contribution in [0.15, 0.2) is 17.6 Å². The van der Waals surface area contributed by atoms with Gasteiger partial charge in [0, 0.05) is 25.6 Å². The number of nitrogens with zero attached hydrogens (tertiary/aromatic N) is 2. The number of nitrogens with two attached hydrogens (primary N) is 1. The van der Waals surface area contributed by atoms with Gasteiger partial charge in [0.1, 0.15) is 5.82 Å². The number of esters is 2. The average molecular weight is 337 g/mol. The lowest BCUT2D eigenvalue weighted by atomic mass is 10.1. The standard InChI is InChI=1S/C15H19N3O6/c1-5-10-6-18(15(21)17-13(10)16)14-12(24-9(4)20)11(7(2)22-14)23-8(3)19/h5-7,11-12,14H,1H2,2-4H3,(H2,16,17,21)/t7-,11-,12-,14-/m1/s1. The molecular weight excluding hydrogens is 318 g/mol. The molecule has 1 aromatic rings. The van der Waals surface area contributed by atoms with Crippen molar-refractivity contribution in [3.8, 4) is 0 Å². The Morgan fingerprint density at radius 2 is 1.92 bits per heavy atom. The van der Waals surface area contributed by atoms with Crippen LogP contribution in [0.4, 0.5) is 5.82 Å². The Kier molecular flexibility index (Phi) is 5.03. The highest BCUT2D eigenvalue weighted by Gasteiger charge is 2.48. The number of hydrogen-bond donors (Lipinski definition) is 1. The number of rotatable bonds is 4. The van der Waals surface area contributed by atoms with Crippen LogP contribution in [-0.2, 0) is 23.8 Å². The Bertz CT molecular complexity index is 728. The fraction of sp³-hybridized carbons (Fsp3) is 0.467. The Labute approximate surface area is 138 Å². The van der Waals surface area contributed by atoms with Crippen molar-refractivity contribution in [1.82, 2.24) is 9.55 Å². The van der Waals surface area contributed by atoms with Gasteiger partial charge in [0.15, 0.2) is 18.4 Å². The van der Waals surface area contributed by atoms with E-state index in [0.29, 0.717) is 5.56 Å². The molecule has 0 bridgehead atoms. The largest absolute Gasteiger partial charge is 0.456 e. The SMILES string of the molecule is C=Cc1cn([C@@H]2O[C@H](C)[C@@H](OC(C)=O)[C@H]2OC(C)=O)c(=O)nc1N. The van der Waals surface area contributed by atoms with Crippen LogP contribution >= 0.6 is 0 Å². The molecule has 0 aromatic carbocycles. The summed E-state index contributed by atoms with van der Waals surface area (Å²) < 4.78 is 17.3. The van der Waals surface area contributed by atoms with Crippen molar-refractivity contribution in [1.29, 1.82) is 0 Å². The minimum atomic E-state index is -1.01. The molecule has 9 heteroatoms. The minimum absolute atomic E-state index is 0.0258. The van der Waals surface area contributed by atoms with Crippen LogP contribution in [0.25, 0.3) is 6.08 Å². The van der Waals surface area contributed by atoms with E-state index < -0.39 is 42.2 Å². The normalized spacial score (nSPS) is 26.0. The van der Waals surface area contributed by atoms with Crippen LogP contribution < -0.4 is 11.4 Å². The van der Waals surface area contributed by atoms with Crippen LogP contribution in [0.5, 0.6) is 0 Å². The van der Waals surface area contributed by atoms with Crippen molar-refractivity contribution in [3.05, 3.63) is 28.8 Å². The number of nitrogen functional groups attached to an aromatic ring is 1. The molecule has 1 saturated heterocycles. The quantitative estimate of drug-likeness (QED) is 0.776. The molecule has 0 amide bonds. The third-order valence-electron chi connectivity index (χ3n) is 3.53. The Hall–Kier alpha value is -2.68. The first-order valence-corrected chi connectivity index (χ1v) is 7.25. The summed E-state index contributed by atoms with van der Waals surface area (Å²) in [6.07, 6.45) is -0.620. The Morgan fingerprint density at radius 3 is 2.46 bits per heavy atom. The Balaban J connectivity index is 2.47. The lowest BCUT2D eigenvalue weighted by Crippen LogP contribution is -2.40. The predicted octanol–water partition coefficient (Wildman–Crippen LogP) is 0.249. The molecule has 0 spiro atoms. The summed E-state index contributed by atoms with van der Waals surface area (Å²) in [7, 11) is 0. The van der Waals surface area contributed by atoms with Crippen LogP contribution in [-0.4, -0.2) is 39.8 Å². The predicted molar refractivity (Wildman–Crippen MR) is 83.7 cm³/mol. The first kappa shape index (κ1) is 17.7. The highest BCUT2D eigenvalue weighted by Crippen LogP contribution is 2.33. The second kappa shape index (κ2) is 6.83. The smallest absolute Gasteiger partial charge is 0.351 e. The van der Waals surface area contributed by atoms with E-state index >= 15 is 0 Å². The molecule has 0 saturated carbocycles. The van der Waals surface area contributed by atoms with E-state index in [2.05, 4.69) is 11.6 Å². The van der Waals surface area contributed by atoms with Crippen molar-refractivity contribution < 1.29 is 23.8 Å². The number of aromatic nitrogens is 2. The van der Waals surface area contributed by atoms with Gasteiger partial charge in [0.2, 0.25) is 0 Å². The van der Waals surface area contributed by atoms with Crippen molar-refractivity contribution in [2.75, 3.05) is 5.73 Å². The zero-order valence-electron chi connectivity index (χ0n) is 13.6. The van der Waals surface area contributed by atoms with Crippen molar-refractivity contribution in [3.63, 3.8) is 0 Å². The summed E-state index contributed by atoms with van der Waals surface area (Å²) in [6, 6.07) is 0.